The van der Waals surface area contributed by atoms with E-state index in [2.05, 4.69) is 97.0 Å². The first-order chi connectivity index (χ1) is 14.0. The average Bonchev–Trinajstić information content (AvgIpc) is 3.08. The zero-order valence-corrected chi connectivity index (χ0v) is 17.2. The Kier molecular flexibility index (Phi) is 4.05. The molecule has 0 fully saturated rings. The fraction of sp³-hybridized carbons (Fsp3) is 0.167. The van der Waals surface area contributed by atoms with Crippen molar-refractivity contribution in [1.82, 2.24) is 4.98 Å². The summed E-state index contributed by atoms with van der Waals surface area (Å²) in [7, 11) is 4.27. The van der Waals surface area contributed by atoms with Crippen LogP contribution in [0.5, 0.6) is 0 Å². The van der Waals surface area contributed by atoms with E-state index in [9.17, 15) is 0 Å². The first kappa shape index (κ1) is 17.7. The minimum atomic E-state index is 0.122. The average molecular weight is 380 g/mol. The molecule has 0 aliphatic carbocycles. The van der Waals surface area contributed by atoms with Gasteiger partial charge in [-0.1, -0.05) is 35.8 Å². The normalized spacial score (nSPS) is 13.6. The molecule has 0 saturated carbocycles. The minimum absolute atomic E-state index is 0.122. The van der Waals surface area contributed by atoms with E-state index in [-0.39, 0.29) is 6.85 Å². The van der Waals surface area contributed by atoms with E-state index in [0.717, 1.165) is 16.8 Å². The molecule has 0 radical (unpaired) electrons. The van der Waals surface area contributed by atoms with Crippen molar-refractivity contribution in [1.29, 1.82) is 0 Å². The quantitative estimate of drug-likeness (QED) is 0.390. The Bertz CT molecular complexity index is 1260. The van der Waals surface area contributed by atoms with Gasteiger partial charge in [-0.25, -0.2) is 9.55 Å². The molecule has 3 aromatic heterocycles. The van der Waals surface area contributed by atoms with E-state index in [4.69, 9.17) is 4.42 Å². The molecule has 5 rings (SSSR count). The molecule has 0 saturated heterocycles. The molecule has 0 N–H and O–H groups in total. The Morgan fingerprint density at radius 3 is 2.66 bits per heavy atom. The second-order valence-electron chi connectivity index (χ2n) is 7.84. The van der Waals surface area contributed by atoms with Crippen molar-refractivity contribution in [3.8, 4) is 11.1 Å². The van der Waals surface area contributed by atoms with Gasteiger partial charge in [-0.05, 0) is 50.2 Å². The van der Waals surface area contributed by atoms with Gasteiger partial charge in [0.25, 0.3) is 0 Å². The van der Waals surface area contributed by atoms with Gasteiger partial charge in [0.1, 0.15) is 7.05 Å². The van der Waals surface area contributed by atoms with Crippen LogP contribution < -0.4 is 15.0 Å². The molecular formula is C24H23BN3O+. The van der Waals surface area contributed by atoms with Gasteiger partial charge in [0.15, 0.2) is 17.6 Å². The van der Waals surface area contributed by atoms with Gasteiger partial charge < -0.3 is 9.23 Å². The van der Waals surface area contributed by atoms with Gasteiger partial charge in [-0.3, -0.25) is 0 Å². The molecule has 0 amide bonds. The molecule has 4 aromatic rings. The number of fused-ring (bicyclic) bond motifs is 3. The number of furan rings is 1. The molecule has 1 aliphatic rings. The van der Waals surface area contributed by atoms with Crippen molar-refractivity contribution >= 4 is 35.3 Å². The fourth-order valence-electron chi connectivity index (χ4n) is 4.55. The molecule has 0 atom stereocenters. The Morgan fingerprint density at radius 2 is 1.86 bits per heavy atom. The highest BCUT2D eigenvalue weighted by atomic mass is 16.3. The zero-order valence-electron chi connectivity index (χ0n) is 17.2. The van der Waals surface area contributed by atoms with Gasteiger partial charge in [0, 0.05) is 17.8 Å². The summed E-state index contributed by atoms with van der Waals surface area (Å²) in [5, 5.41) is 1.05. The number of nitrogens with zero attached hydrogens (tertiary/aromatic N) is 3. The van der Waals surface area contributed by atoms with Crippen LogP contribution in [-0.4, -0.2) is 18.9 Å². The Balaban J connectivity index is 1.68. The number of hydrogen-bond acceptors (Lipinski definition) is 3. The Morgan fingerprint density at radius 1 is 1.07 bits per heavy atom. The molecule has 4 heterocycles. The Hall–Kier alpha value is -3.34. The lowest BCUT2D eigenvalue weighted by Gasteiger charge is -2.29. The summed E-state index contributed by atoms with van der Waals surface area (Å²) in [5.74, 6) is 0.882. The molecule has 1 aromatic carbocycles. The van der Waals surface area contributed by atoms with Crippen LogP contribution in [0.3, 0.4) is 0 Å². The topological polar surface area (TPSA) is 33.2 Å². The molecule has 0 unspecified atom stereocenters. The van der Waals surface area contributed by atoms with E-state index >= 15 is 0 Å². The molecule has 0 spiro atoms. The number of aromatic nitrogens is 2. The lowest BCUT2D eigenvalue weighted by molar-refractivity contribution is -0.654. The highest BCUT2D eigenvalue weighted by Crippen LogP contribution is 2.38. The summed E-state index contributed by atoms with van der Waals surface area (Å²) < 4.78 is 8.26. The highest BCUT2D eigenvalue weighted by molar-refractivity contribution is 6.83. The highest BCUT2D eigenvalue weighted by Gasteiger charge is 2.39. The van der Waals surface area contributed by atoms with Crippen LogP contribution in [0.25, 0.3) is 28.3 Å². The van der Waals surface area contributed by atoms with E-state index in [1.54, 1.807) is 6.20 Å². The predicted octanol–water partition coefficient (Wildman–Crippen LogP) is 3.92. The van der Waals surface area contributed by atoms with Crippen molar-refractivity contribution in [3.05, 3.63) is 77.7 Å². The molecule has 0 bridgehead atoms. The zero-order chi connectivity index (χ0) is 20.1. The number of pyridine rings is 2. The second-order valence-corrected chi connectivity index (χ2v) is 7.84. The maximum Gasteiger partial charge on any atom is 0.399 e. The van der Waals surface area contributed by atoms with E-state index in [0.29, 0.717) is 5.71 Å². The fourth-order valence-corrected chi connectivity index (χ4v) is 4.55. The smallest absolute Gasteiger partial charge is 0.399 e. The molecule has 5 heteroatoms. The second kappa shape index (κ2) is 6.62. The van der Waals surface area contributed by atoms with Gasteiger partial charge >= 0.3 is 6.85 Å². The molecule has 142 valence electrons. The molecule has 29 heavy (non-hydrogen) atoms. The van der Waals surface area contributed by atoms with Crippen molar-refractivity contribution < 1.29 is 8.98 Å². The summed E-state index contributed by atoms with van der Waals surface area (Å²) in [6.07, 6.45) is 6.16. The van der Waals surface area contributed by atoms with E-state index in [1.165, 1.54) is 27.8 Å². The Labute approximate surface area is 171 Å². The predicted molar refractivity (Wildman–Crippen MR) is 119 cm³/mol. The first-order valence-electron chi connectivity index (χ1n) is 9.88. The largest absolute Gasteiger partial charge is 0.436 e. The van der Waals surface area contributed by atoms with Crippen molar-refractivity contribution in [3.63, 3.8) is 0 Å². The number of benzene rings is 1. The third-order valence-corrected chi connectivity index (χ3v) is 5.87. The van der Waals surface area contributed by atoms with E-state index in [1.807, 2.05) is 6.07 Å². The van der Waals surface area contributed by atoms with Gasteiger partial charge in [0.05, 0.1) is 11.1 Å². The minimum Gasteiger partial charge on any atom is -0.436 e. The van der Waals surface area contributed by atoms with Crippen LogP contribution in [-0.2, 0) is 7.05 Å². The summed E-state index contributed by atoms with van der Waals surface area (Å²) in [6, 6.07) is 17.0. The summed E-state index contributed by atoms with van der Waals surface area (Å²) >= 11 is 0. The van der Waals surface area contributed by atoms with Gasteiger partial charge in [-0.15, -0.1) is 0 Å². The third kappa shape index (κ3) is 2.77. The number of rotatable bonds is 2. The number of hydrogen-bond donors (Lipinski definition) is 0. The molecular weight excluding hydrogens is 357 g/mol. The van der Waals surface area contributed by atoms with Crippen LogP contribution >= 0.6 is 0 Å². The summed E-state index contributed by atoms with van der Waals surface area (Å²) in [5.41, 5.74) is 8.06. The maximum atomic E-state index is 6.02. The van der Waals surface area contributed by atoms with E-state index < -0.39 is 0 Å². The van der Waals surface area contributed by atoms with Gasteiger partial charge in [-0.2, -0.15) is 0 Å². The van der Waals surface area contributed by atoms with Crippen molar-refractivity contribution in [2.24, 2.45) is 7.05 Å². The number of aryl methyl sites for hydroxylation is 2. The van der Waals surface area contributed by atoms with Crippen LogP contribution in [0.4, 0.5) is 5.69 Å². The third-order valence-electron chi connectivity index (χ3n) is 5.87. The lowest BCUT2D eigenvalue weighted by Crippen LogP contribution is -2.62. The van der Waals surface area contributed by atoms with Crippen LogP contribution in [0.15, 0.2) is 70.8 Å². The maximum absolute atomic E-state index is 6.02. The standard InChI is InChI=1S/C24H23BN3O/c1-16-15-27(3)22(14-20(16)18-9-6-5-7-10-18)25-17(2)13-21-23(28(25)4)19-11-8-12-26-24(19)29-21/h5-15H,1-4H3/q+1. The number of allylic oxidation sites excluding steroid dienone is 1. The van der Waals surface area contributed by atoms with Gasteiger partial charge in [0.2, 0.25) is 5.71 Å². The first-order valence-corrected chi connectivity index (χ1v) is 9.88. The monoisotopic (exact) mass is 380 g/mol. The van der Waals surface area contributed by atoms with Crippen molar-refractivity contribution in [2.75, 3.05) is 11.9 Å². The van der Waals surface area contributed by atoms with Crippen LogP contribution in [0.1, 0.15) is 18.2 Å². The molecule has 1 aliphatic heterocycles. The van der Waals surface area contributed by atoms with Crippen LogP contribution in [0, 0.1) is 6.92 Å². The van der Waals surface area contributed by atoms with Crippen LogP contribution in [0.2, 0.25) is 0 Å². The summed E-state index contributed by atoms with van der Waals surface area (Å²) in [4.78, 5) is 6.72. The lowest BCUT2D eigenvalue weighted by atomic mass is 9.49. The van der Waals surface area contributed by atoms with Crippen molar-refractivity contribution in [2.45, 2.75) is 13.8 Å². The molecule has 4 nitrogen and oxygen atoms in total. The summed E-state index contributed by atoms with van der Waals surface area (Å²) in [6.45, 7) is 4.47. The number of anilines is 1. The SMILES string of the molecule is CC1=Cc2oc3ncccc3c2N(C)B1c1cc(-c2ccccc2)c(C)c[n+]1C.